The van der Waals surface area contributed by atoms with E-state index in [1.165, 1.54) is 24.1 Å². The molecule has 1 amide bonds. The Balaban J connectivity index is 0.00000137. The molecule has 7 nitrogen and oxygen atoms in total. The largest absolute Gasteiger partial charge is 0.421 e. The molecule has 0 aliphatic carbocycles. The summed E-state index contributed by atoms with van der Waals surface area (Å²) in [5.41, 5.74) is 6.68. The van der Waals surface area contributed by atoms with Gasteiger partial charge < -0.3 is 20.7 Å². The first-order chi connectivity index (χ1) is 16.5. The number of rotatable bonds is 7. The molecule has 0 aliphatic rings. The Labute approximate surface area is 205 Å². The van der Waals surface area contributed by atoms with Gasteiger partial charge in [-0.25, -0.2) is 9.37 Å². The third kappa shape index (κ3) is 7.74. The summed E-state index contributed by atoms with van der Waals surface area (Å²) >= 11 is 1.49. The van der Waals surface area contributed by atoms with Gasteiger partial charge in [-0.2, -0.15) is 18.2 Å². The Bertz CT molecular complexity index is 1160. The molecular weight excluding hydrogens is 484 g/mol. The summed E-state index contributed by atoms with van der Waals surface area (Å²) in [5.74, 6) is -1.08. The Morgan fingerprint density at radius 2 is 1.77 bits per heavy atom. The first-order valence-corrected chi connectivity index (χ1v) is 11.4. The smallest absolute Gasteiger partial charge is 0.372 e. The molecule has 0 fully saturated rings. The van der Waals surface area contributed by atoms with Crippen LogP contribution >= 0.6 is 11.9 Å². The number of aryl methyl sites for hydroxylation is 2. The van der Waals surface area contributed by atoms with E-state index >= 15 is 0 Å². The van der Waals surface area contributed by atoms with Crippen LogP contribution in [0.3, 0.4) is 0 Å². The van der Waals surface area contributed by atoms with Crippen LogP contribution in [0.5, 0.6) is 0 Å². The van der Waals surface area contributed by atoms with E-state index in [0.717, 1.165) is 16.8 Å². The van der Waals surface area contributed by atoms with Gasteiger partial charge in [0.15, 0.2) is 0 Å². The monoisotopic (exact) mass is 510 g/mol. The molecule has 3 rings (SSSR count). The number of carbonyl (C=O) groups is 1. The van der Waals surface area contributed by atoms with Gasteiger partial charge in [-0.1, -0.05) is 30.1 Å². The quantitative estimate of drug-likeness (QED) is 0.222. The van der Waals surface area contributed by atoms with Crippen LogP contribution in [0.25, 0.3) is 0 Å². The number of primary amides is 1. The molecule has 35 heavy (non-hydrogen) atoms. The minimum Gasteiger partial charge on any atom is -0.372 e. The summed E-state index contributed by atoms with van der Waals surface area (Å²) in [6.45, 7) is 3.79. The lowest BCUT2D eigenvalue weighted by atomic mass is 10.1. The van der Waals surface area contributed by atoms with E-state index in [4.69, 9.17) is 4.79 Å². The van der Waals surface area contributed by atoms with Crippen LogP contribution in [0.2, 0.25) is 0 Å². The van der Waals surface area contributed by atoms with Crippen molar-refractivity contribution >= 4 is 41.5 Å². The zero-order chi connectivity index (χ0) is 26.2. The van der Waals surface area contributed by atoms with Gasteiger partial charge in [-0.05, 0) is 48.7 Å². The average Bonchev–Trinajstić information content (AvgIpc) is 2.79. The maximum absolute atomic E-state index is 14.1. The number of hydrogen-bond acceptors (Lipinski definition) is 7. The first-order valence-electron chi connectivity index (χ1n) is 10.2. The molecule has 4 N–H and O–H groups in total. The number of hydrogen-bond donors (Lipinski definition) is 3. The van der Waals surface area contributed by atoms with E-state index in [0.29, 0.717) is 11.8 Å². The molecule has 1 heterocycles. The van der Waals surface area contributed by atoms with Crippen molar-refractivity contribution in [3.63, 3.8) is 0 Å². The van der Waals surface area contributed by atoms with Crippen molar-refractivity contribution in [2.45, 2.75) is 26.6 Å². The van der Waals surface area contributed by atoms with E-state index in [-0.39, 0.29) is 30.4 Å². The van der Waals surface area contributed by atoms with Crippen molar-refractivity contribution in [2.24, 2.45) is 5.73 Å². The van der Waals surface area contributed by atoms with E-state index in [2.05, 4.69) is 26.3 Å². The lowest BCUT2D eigenvalue weighted by Crippen LogP contribution is -2.16. The zero-order valence-electron chi connectivity index (χ0n) is 19.6. The summed E-state index contributed by atoms with van der Waals surface area (Å²) < 4.78 is 56.7. The van der Waals surface area contributed by atoms with E-state index in [1.807, 2.05) is 42.7 Å². The van der Waals surface area contributed by atoms with Gasteiger partial charge in [0.25, 0.3) is 0 Å². The standard InChI is InChI=1S/C22H23F4N5S.CH3NO/c1-13-6-8-18(17(23)9-13)29-21-28-12-16(22(24,25)26)20(30-21)27-11-15-7-5-14(2)10-19(15)31(3)32-4;2-1-3/h5-10,12H,11H2,1-4H3,(H2,27,28,29,30);1H,(H2,2,3). The molecule has 12 heteroatoms. The Hall–Kier alpha value is -3.54. The molecule has 188 valence electrons. The molecule has 0 unspecified atom stereocenters. The SMILES string of the molecule is CSN(C)c1cc(C)ccc1CNc1nc(Nc2ccc(C)cc2F)ncc1C(F)(F)F.NC=O. The molecule has 0 aliphatic heterocycles. The zero-order valence-corrected chi connectivity index (χ0v) is 20.4. The fourth-order valence-electron chi connectivity index (χ4n) is 3.02. The van der Waals surface area contributed by atoms with Crippen molar-refractivity contribution in [3.05, 3.63) is 70.7 Å². The van der Waals surface area contributed by atoms with Crippen molar-refractivity contribution < 1.29 is 22.4 Å². The van der Waals surface area contributed by atoms with Crippen LogP contribution in [0.15, 0.2) is 42.6 Å². The number of nitrogens with two attached hydrogens (primary N) is 1. The fraction of sp³-hybridized carbons (Fsp3) is 0.261. The molecule has 0 saturated carbocycles. The van der Waals surface area contributed by atoms with Crippen LogP contribution in [0.1, 0.15) is 22.3 Å². The fourth-order valence-corrected chi connectivity index (χ4v) is 3.39. The number of carbonyl (C=O) groups excluding carboxylic acids is 1. The third-order valence-electron chi connectivity index (χ3n) is 4.77. The van der Waals surface area contributed by atoms with Gasteiger partial charge in [0.1, 0.15) is 17.2 Å². The van der Waals surface area contributed by atoms with Crippen molar-refractivity contribution in [2.75, 3.05) is 28.2 Å². The second kappa shape index (κ2) is 12.2. The maximum atomic E-state index is 14.1. The van der Waals surface area contributed by atoms with E-state index in [1.54, 1.807) is 13.0 Å². The minimum absolute atomic E-state index is 0.0729. The molecular formula is C23H26F4N6OS. The van der Waals surface area contributed by atoms with Crippen LogP contribution in [0, 0.1) is 19.7 Å². The number of aromatic nitrogens is 2. The summed E-state index contributed by atoms with van der Waals surface area (Å²) in [6.07, 6.45) is -1.80. The van der Waals surface area contributed by atoms with E-state index in [9.17, 15) is 17.6 Å². The third-order valence-corrected chi connectivity index (χ3v) is 5.51. The summed E-state index contributed by atoms with van der Waals surface area (Å²) in [7, 11) is 1.88. The molecule has 0 spiro atoms. The number of alkyl halides is 3. The van der Waals surface area contributed by atoms with Crippen LogP contribution in [0.4, 0.5) is 40.7 Å². The Morgan fingerprint density at radius 1 is 1.14 bits per heavy atom. The predicted molar refractivity (Wildman–Crippen MR) is 132 cm³/mol. The van der Waals surface area contributed by atoms with Crippen molar-refractivity contribution in [1.82, 2.24) is 9.97 Å². The van der Waals surface area contributed by atoms with Crippen LogP contribution in [-0.2, 0) is 17.5 Å². The molecule has 2 aromatic carbocycles. The lowest BCUT2D eigenvalue weighted by molar-refractivity contribution is -0.137. The average molecular weight is 511 g/mol. The number of anilines is 4. The summed E-state index contributed by atoms with van der Waals surface area (Å²) in [5, 5.41) is 5.43. The van der Waals surface area contributed by atoms with Crippen LogP contribution in [-0.4, -0.2) is 29.7 Å². The molecule has 0 bridgehead atoms. The number of halogens is 4. The highest BCUT2D eigenvalue weighted by atomic mass is 32.2. The molecule has 0 saturated heterocycles. The molecule has 3 aromatic rings. The van der Waals surface area contributed by atoms with Gasteiger partial charge in [-0.15, -0.1) is 0 Å². The Kier molecular flexibility index (Phi) is 9.69. The van der Waals surface area contributed by atoms with E-state index < -0.39 is 17.6 Å². The number of benzene rings is 2. The van der Waals surface area contributed by atoms with Gasteiger partial charge in [-0.3, -0.25) is 4.79 Å². The highest BCUT2D eigenvalue weighted by Crippen LogP contribution is 2.35. The maximum Gasteiger partial charge on any atom is 0.421 e. The topological polar surface area (TPSA) is 96.2 Å². The molecule has 1 aromatic heterocycles. The minimum atomic E-state index is -4.65. The highest BCUT2D eigenvalue weighted by molar-refractivity contribution is 7.99. The number of nitrogens with zero attached hydrogens (tertiary/aromatic N) is 3. The summed E-state index contributed by atoms with van der Waals surface area (Å²) in [6, 6.07) is 10.2. The highest BCUT2D eigenvalue weighted by Gasteiger charge is 2.35. The number of amides is 1. The van der Waals surface area contributed by atoms with Crippen molar-refractivity contribution in [1.29, 1.82) is 0 Å². The first kappa shape index (κ1) is 27.7. The van der Waals surface area contributed by atoms with Gasteiger partial charge in [0.05, 0.1) is 11.4 Å². The van der Waals surface area contributed by atoms with Crippen LogP contribution < -0.4 is 20.7 Å². The second-order valence-electron chi connectivity index (χ2n) is 7.36. The molecule has 0 atom stereocenters. The number of nitrogens with one attached hydrogen (secondary N) is 2. The summed E-state index contributed by atoms with van der Waals surface area (Å²) in [4.78, 5) is 16.3. The van der Waals surface area contributed by atoms with Gasteiger partial charge in [0.2, 0.25) is 12.4 Å². The van der Waals surface area contributed by atoms with Gasteiger partial charge in [0, 0.05) is 26.0 Å². The molecule has 0 radical (unpaired) electrons. The second-order valence-corrected chi connectivity index (χ2v) is 8.28. The normalized spacial score (nSPS) is 10.7. The van der Waals surface area contributed by atoms with Crippen molar-refractivity contribution in [3.8, 4) is 0 Å². The Morgan fingerprint density at radius 3 is 2.37 bits per heavy atom. The lowest BCUT2D eigenvalue weighted by Gasteiger charge is -2.21. The van der Waals surface area contributed by atoms with Gasteiger partial charge >= 0.3 is 6.18 Å². The predicted octanol–water partition coefficient (Wildman–Crippen LogP) is 5.42.